The summed E-state index contributed by atoms with van der Waals surface area (Å²) < 4.78 is 15.9. The van der Waals surface area contributed by atoms with E-state index in [4.69, 9.17) is 14.2 Å². The number of hydrogen-bond donors (Lipinski definition) is 1. The van der Waals surface area contributed by atoms with Crippen molar-refractivity contribution < 1.29 is 23.8 Å². The first-order valence-corrected chi connectivity index (χ1v) is 10.3. The van der Waals surface area contributed by atoms with Crippen molar-refractivity contribution in [1.29, 1.82) is 0 Å². The Labute approximate surface area is 192 Å². The van der Waals surface area contributed by atoms with Crippen LogP contribution in [0.15, 0.2) is 78.5 Å². The number of nitrogens with one attached hydrogen (secondary N) is 1. The van der Waals surface area contributed by atoms with Crippen LogP contribution in [-0.4, -0.2) is 38.0 Å². The number of nitrogens with zero attached hydrogens (tertiary/aromatic N) is 1. The van der Waals surface area contributed by atoms with E-state index < -0.39 is 5.91 Å². The number of rotatable bonds is 8. The molecule has 1 aliphatic rings. The first-order chi connectivity index (χ1) is 16.0. The van der Waals surface area contributed by atoms with Gasteiger partial charge in [-0.05, 0) is 47.5 Å². The molecule has 0 aromatic heterocycles. The fourth-order valence-electron chi connectivity index (χ4n) is 3.68. The number of hydrogen-bond acceptors (Lipinski definition) is 6. The molecular formula is C26H24N2O5. The summed E-state index contributed by atoms with van der Waals surface area (Å²) in [7, 11) is 4.65. The molecular weight excluding hydrogens is 420 g/mol. The first-order valence-electron chi connectivity index (χ1n) is 10.3. The highest BCUT2D eigenvalue weighted by Crippen LogP contribution is 2.36. The average Bonchev–Trinajstić information content (AvgIpc) is 3.08. The lowest BCUT2D eigenvalue weighted by Crippen LogP contribution is -2.31. The third-order valence-electron chi connectivity index (χ3n) is 5.38. The molecule has 0 saturated heterocycles. The minimum Gasteiger partial charge on any atom is -0.497 e. The maximum absolute atomic E-state index is 13.5. The number of methoxy groups -OCH3 is 3. The molecule has 0 atom stereocenters. The molecule has 3 aromatic rings. The van der Waals surface area contributed by atoms with E-state index in [2.05, 4.69) is 5.32 Å². The SMILES string of the molecule is COc1ccc(NC2=C(c3ccc(OC)c(OC)c3)C(=O)N(Cc3ccccc3)C2=O)cc1. The molecule has 1 aliphatic heterocycles. The number of amides is 2. The van der Waals surface area contributed by atoms with Crippen LogP contribution in [0.1, 0.15) is 11.1 Å². The van der Waals surface area contributed by atoms with E-state index in [1.165, 1.54) is 12.0 Å². The van der Waals surface area contributed by atoms with Gasteiger partial charge >= 0.3 is 0 Å². The summed E-state index contributed by atoms with van der Waals surface area (Å²) in [6.45, 7) is 0.170. The zero-order valence-corrected chi connectivity index (χ0v) is 18.6. The standard InChI is InChI=1S/C26H24N2O5/c1-31-20-12-10-19(11-13-20)27-24-23(18-9-14-21(32-2)22(15-18)33-3)25(29)28(26(24)30)16-17-7-5-4-6-8-17/h4-15,27H,16H2,1-3H3. The Morgan fingerprint density at radius 2 is 1.45 bits per heavy atom. The quantitative estimate of drug-likeness (QED) is 0.527. The monoisotopic (exact) mass is 444 g/mol. The van der Waals surface area contributed by atoms with Crippen LogP contribution in [0.25, 0.3) is 5.57 Å². The summed E-state index contributed by atoms with van der Waals surface area (Å²) >= 11 is 0. The molecule has 2 amide bonds. The van der Waals surface area contributed by atoms with E-state index >= 15 is 0 Å². The second kappa shape index (κ2) is 9.48. The van der Waals surface area contributed by atoms with Gasteiger partial charge in [0.05, 0.1) is 33.4 Å². The van der Waals surface area contributed by atoms with Crippen molar-refractivity contribution in [3.8, 4) is 17.2 Å². The molecule has 0 aliphatic carbocycles. The number of ether oxygens (including phenoxy) is 3. The van der Waals surface area contributed by atoms with E-state index in [1.807, 2.05) is 30.3 Å². The van der Waals surface area contributed by atoms with Gasteiger partial charge < -0.3 is 19.5 Å². The van der Waals surface area contributed by atoms with Crippen molar-refractivity contribution in [3.63, 3.8) is 0 Å². The smallest absolute Gasteiger partial charge is 0.278 e. The van der Waals surface area contributed by atoms with Crippen LogP contribution in [0, 0.1) is 0 Å². The molecule has 33 heavy (non-hydrogen) atoms. The van der Waals surface area contributed by atoms with Crippen LogP contribution < -0.4 is 19.5 Å². The van der Waals surface area contributed by atoms with Gasteiger partial charge in [-0.2, -0.15) is 0 Å². The van der Waals surface area contributed by atoms with Crippen molar-refractivity contribution in [2.24, 2.45) is 0 Å². The molecule has 3 aromatic carbocycles. The Balaban J connectivity index is 1.76. The third-order valence-corrected chi connectivity index (χ3v) is 5.38. The van der Waals surface area contributed by atoms with Gasteiger partial charge in [-0.15, -0.1) is 0 Å². The number of imide groups is 1. The maximum Gasteiger partial charge on any atom is 0.278 e. The average molecular weight is 444 g/mol. The molecule has 168 valence electrons. The van der Waals surface area contributed by atoms with Crippen molar-refractivity contribution in [2.75, 3.05) is 26.6 Å². The van der Waals surface area contributed by atoms with Gasteiger partial charge in [0.15, 0.2) is 11.5 Å². The van der Waals surface area contributed by atoms with Gasteiger partial charge in [0.1, 0.15) is 11.4 Å². The van der Waals surface area contributed by atoms with Crippen LogP contribution in [-0.2, 0) is 16.1 Å². The fourth-order valence-corrected chi connectivity index (χ4v) is 3.68. The van der Waals surface area contributed by atoms with Crippen molar-refractivity contribution in [2.45, 2.75) is 6.54 Å². The van der Waals surface area contributed by atoms with Gasteiger partial charge in [0.25, 0.3) is 11.8 Å². The molecule has 0 unspecified atom stereocenters. The predicted octanol–water partition coefficient (Wildman–Crippen LogP) is 4.10. The number of carbonyl (C=O) groups excluding carboxylic acids is 2. The van der Waals surface area contributed by atoms with E-state index in [-0.39, 0.29) is 23.7 Å². The molecule has 0 radical (unpaired) electrons. The molecule has 0 bridgehead atoms. The summed E-state index contributed by atoms with van der Waals surface area (Å²) in [4.78, 5) is 28.1. The van der Waals surface area contributed by atoms with Gasteiger partial charge in [0.2, 0.25) is 0 Å². The molecule has 0 saturated carbocycles. The Morgan fingerprint density at radius 1 is 0.758 bits per heavy atom. The Kier molecular flexibility index (Phi) is 6.31. The van der Waals surface area contributed by atoms with E-state index in [0.29, 0.717) is 28.5 Å². The lowest BCUT2D eigenvalue weighted by atomic mass is 10.0. The fraction of sp³-hybridized carbons (Fsp3) is 0.154. The minimum absolute atomic E-state index is 0.170. The van der Waals surface area contributed by atoms with Crippen LogP contribution >= 0.6 is 0 Å². The predicted molar refractivity (Wildman–Crippen MR) is 125 cm³/mol. The zero-order valence-electron chi connectivity index (χ0n) is 18.6. The Hall–Kier alpha value is -4.26. The summed E-state index contributed by atoms with van der Waals surface area (Å²) in [5.74, 6) is 0.906. The van der Waals surface area contributed by atoms with Crippen molar-refractivity contribution in [1.82, 2.24) is 4.90 Å². The van der Waals surface area contributed by atoms with Crippen LogP contribution in [0.2, 0.25) is 0 Å². The number of carbonyl (C=O) groups is 2. The summed E-state index contributed by atoms with van der Waals surface area (Å²) in [5.41, 5.74) is 2.54. The Bertz CT molecular complexity index is 1200. The second-order valence-electron chi connectivity index (χ2n) is 7.36. The third kappa shape index (κ3) is 4.39. The van der Waals surface area contributed by atoms with Crippen LogP contribution in [0.4, 0.5) is 5.69 Å². The topological polar surface area (TPSA) is 77.1 Å². The normalized spacial score (nSPS) is 13.4. The first kappa shape index (κ1) is 22.0. The maximum atomic E-state index is 13.5. The summed E-state index contributed by atoms with van der Waals surface area (Å²) in [6.07, 6.45) is 0. The number of anilines is 1. The van der Waals surface area contributed by atoms with Crippen molar-refractivity contribution in [3.05, 3.63) is 89.6 Å². The molecule has 4 rings (SSSR count). The van der Waals surface area contributed by atoms with Crippen molar-refractivity contribution >= 4 is 23.1 Å². The van der Waals surface area contributed by atoms with Gasteiger partial charge in [-0.1, -0.05) is 36.4 Å². The molecule has 0 spiro atoms. The molecule has 1 N–H and O–H groups in total. The summed E-state index contributed by atoms with van der Waals surface area (Å²) in [6, 6.07) is 21.7. The lowest BCUT2D eigenvalue weighted by Gasteiger charge is -2.15. The van der Waals surface area contributed by atoms with E-state index in [1.54, 1.807) is 56.7 Å². The lowest BCUT2D eigenvalue weighted by molar-refractivity contribution is -0.137. The number of benzene rings is 3. The second-order valence-corrected chi connectivity index (χ2v) is 7.36. The minimum atomic E-state index is -0.399. The zero-order chi connectivity index (χ0) is 23.4. The van der Waals surface area contributed by atoms with E-state index in [0.717, 1.165) is 5.56 Å². The summed E-state index contributed by atoms with van der Waals surface area (Å²) in [5, 5.41) is 3.14. The van der Waals surface area contributed by atoms with Gasteiger partial charge in [-0.3, -0.25) is 14.5 Å². The van der Waals surface area contributed by atoms with Gasteiger partial charge in [-0.25, -0.2) is 0 Å². The Morgan fingerprint density at radius 3 is 2.09 bits per heavy atom. The molecule has 0 fully saturated rings. The van der Waals surface area contributed by atoms with Crippen LogP contribution in [0.3, 0.4) is 0 Å². The molecule has 7 nitrogen and oxygen atoms in total. The molecule has 7 heteroatoms. The highest BCUT2D eigenvalue weighted by Gasteiger charge is 2.39. The van der Waals surface area contributed by atoms with Gasteiger partial charge in [0, 0.05) is 5.69 Å². The van der Waals surface area contributed by atoms with E-state index in [9.17, 15) is 9.59 Å². The van der Waals surface area contributed by atoms with Crippen LogP contribution in [0.5, 0.6) is 17.2 Å². The highest BCUT2D eigenvalue weighted by atomic mass is 16.5. The molecule has 1 heterocycles. The largest absolute Gasteiger partial charge is 0.497 e. The highest BCUT2D eigenvalue weighted by molar-refractivity contribution is 6.36.